The van der Waals surface area contributed by atoms with Crippen LogP contribution < -0.4 is 9.47 Å². The van der Waals surface area contributed by atoms with Crippen LogP contribution in [0.1, 0.15) is 31.2 Å². The molecule has 1 N–H and O–H groups in total. The van der Waals surface area contributed by atoms with Crippen LogP contribution in [0, 0.1) is 0 Å². The average molecular weight is 280 g/mol. The summed E-state index contributed by atoms with van der Waals surface area (Å²) in [7, 11) is 1.65. The second-order valence-corrected chi connectivity index (χ2v) is 6.48. The van der Waals surface area contributed by atoms with Crippen LogP contribution in [0.5, 0.6) is 11.5 Å². The maximum Gasteiger partial charge on any atom is 0.167 e. The first-order valence-electron chi connectivity index (χ1n) is 6.87. The molecule has 0 spiro atoms. The van der Waals surface area contributed by atoms with E-state index in [1.165, 1.54) is 12.2 Å². The number of benzene rings is 1. The summed E-state index contributed by atoms with van der Waals surface area (Å²) >= 11 is 1.94. The number of hydrogen-bond donors (Lipinski definition) is 1. The fourth-order valence-corrected chi connectivity index (χ4v) is 3.56. The van der Waals surface area contributed by atoms with Crippen molar-refractivity contribution in [3.05, 3.63) is 23.8 Å². The van der Waals surface area contributed by atoms with Crippen LogP contribution in [0.15, 0.2) is 18.2 Å². The van der Waals surface area contributed by atoms with Gasteiger partial charge in [-0.05, 0) is 37.5 Å². The average Bonchev–Trinajstić information content (AvgIpc) is 3.19. The number of methoxy groups -OCH3 is 1. The number of hydrogen-bond acceptors (Lipinski definition) is 4. The zero-order valence-electron chi connectivity index (χ0n) is 11.2. The Morgan fingerprint density at radius 2 is 2.21 bits per heavy atom. The van der Waals surface area contributed by atoms with Gasteiger partial charge in [-0.1, -0.05) is 12.1 Å². The SMILES string of the molecule is COc1cccc(C2(O)CC2)c1OC1CCCSC1. The van der Waals surface area contributed by atoms with Crippen LogP contribution in [-0.4, -0.2) is 29.8 Å². The molecule has 1 unspecified atom stereocenters. The predicted octanol–water partition coefficient (Wildman–Crippen LogP) is 2.95. The van der Waals surface area contributed by atoms with E-state index >= 15 is 0 Å². The summed E-state index contributed by atoms with van der Waals surface area (Å²) in [6.07, 6.45) is 4.15. The topological polar surface area (TPSA) is 38.7 Å². The van der Waals surface area contributed by atoms with Crippen molar-refractivity contribution in [3.63, 3.8) is 0 Å². The van der Waals surface area contributed by atoms with E-state index in [-0.39, 0.29) is 6.10 Å². The maximum absolute atomic E-state index is 10.4. The van der Waals surface area contributed by atoms with Crippen LogP contribution in [0.4, 0.5) is 0 Å². The molecule has 1 saturated carbocycles. The summed E-state index contributed by atoms with van der Waals surface area (Å²) in [5, 5.41) is 10.4. The van der Waals surface area contributed by atoms with Crippen molar-refractivity contribution in [2.75, 3.05) is 18.6 Å². The summed E-state index contributed by atoms with van der Waals surface area (Å²) in [5.41, 5.74) is 0.202. The van der Waals surface area contributed by atoms with Crippen LogP contribution in [-0.2, 0) is 5.60 Å². The Bertz CT molecular complexity index is 451. The van der Waals surface area contributed by atoms with Crippen molar-refractivity contribution < 1.29 is 14.6 Å². The van der Waals surface area contributed by atoms with Crippen molar-refractivity contribution in [1.29, 1.82) is 0 Å². The molecule has 104 valence electrons. The molecule has 0 amide bonds. The molecule has 1 aromatic rings. The van der Waals surface area contributed by atoms with Gasteiger partial charge in [-0.15, -0.1) is 0 Å². The monoisotopic (exact) mass is 280 g/mol. The first kappa shape index (κ1) is 13.1. The van der Waals surface area contributed by atoms with Crippen molar-refractivity contribution in [1.82, 2.24) is 0 Å². The molecule has 3 nitrogen and oxygen atoms in total. The number of thioether (sulfide) groups is 1. The Hall–Kier alpha value is -0.870. The standard InChI is InChI=1S/C15H20O3S/c1-17-13-6-2-5-12(15(16)7-8-15)14(13)18-11-4-3-9-19-10-11/h2,5-6,11,16H,3-4,7-10H2,1H3. The first-order valence-corrected chi connectivity index (χ1v) is 8.03. The van der Waals surface area contributed by atoms with Gasteiger partial charge < -0.3 is 14.6 Å². The summed E-state index contributed by atoms with van der Waals surface area (Å²) in [6, 6.07) is 5.79. The number of para-hydroxylation sites is 1. The summed E-state index contributed by atoms with van der Waals surface area (Å²) in [4.78, 5) is 0. The molecule has 0 radical (unpaired) electrons. The summed E-state index contributed by atoms with van der Waals surface area (Å²) in [6.45, 7) is 0. The second-order valence-electron chi connectivity index (χ2n) is 5.33. The van der Waals surface area contributed by atoms with Gasteiger partial charge in [-0.2, -0.15) is 11.8 Å². The minimum absolute atomic E-state index is 0.233. The normalized spacial score (nSPS) is 24.8. The van der Waals surface area contributed by atoms with E-state index in [1.807, 2.05) is 30.0 Å². The lowest BCUT2D eigenvalue weighted by Crippen LogP contribution is -2.25. The third-order valence-corrected chi connectivity index (χ3v) is 5.01. The van der Waals surface area contributed by atoms with Gasteiger partial charge in [0.05, 0.1) is 12.7 Å². The highest BCUT2D eigenvalue weighted by atomic mass is 32.2. The largest absolute Gasteiger partial charge is 0.493 e. The van der Waals surface area contributed by atoms with Crippen molar-refractivity contribution in [2.24, 2.45) is 0 Å². The van der Waals surface area contributed by atoms with Crippen LogP contribution in [0.25, 0.3) is 0 Å². The van der Waals surface area contributed by atoms with Crippen LogP contribution >= 0.6 is 11.8 Å². The quantitative estimate of drug-likeness (QED) is 0.920. The highest BCUT2D eigenvalue weighted by Gasteiger charge is 2.45. The number of aliphatic hydroxyl groups is 1. The van der Waals surface area contributed by atoms with Crippen molar-refractivity contribution >= 4 is 11.8 Å². The molecule has 1 aromatic carbocycles. The van der Waals surface area contributed by atoms with Gasteiger partial charge in [-0.25, -0.2) is 0 Å². The minimum Gasteiger partial charge on any atom is -0.493 e. The predicted molar refractivity (Wildman–Crippen MR) is 77.1 cm³/mol. The molecule has 0 bridgehead atoms. The Morgan fingerprint density at radius 3 is 2.84 bits per heavy atom. The lowest BCUT2D eigenvalue weighted by Gasteiger charge is -2.26. The summed E-state index contributed by atoms with van der Waals surface area (Å²) in [5.74, 6) is 3.73. The molecule has 1 saturated heterocycles. The van der Waals surface area contributed by atoms with E-state index in [0.29, 0.717) is 0 Å². The molecular formula is C15H20O3S. The van der Waals surface area contributed by atoms with Crippen molar-refractivity contribution in [2.45, 2.75) is 37.4 Å². The lowest BCUT2D eigenvalue weighted by atomic mass is 10.1. The van der Waals surface area contributed by atoms with E-state index in [1.54, 1.807) is 7.11 Å². The maximum atomic E-state index is 10.4. The fraction of sp³-hybridized carbons (Fsp3) is 0.600. The van der Waals surface area contributed by atoms with E-state index in [9.17, 15) is 5.11 Å². The molecule has 2 fully saturated rings. The molecule has 4 heteroatoms. The van der Waals surface area contributed by atoms with Crippen molar-refractivity contribution in [3.8, 4) is 11.5 Å². The first-order chi connectivity index (χ1) is 9.23. The molecule has 1 aliphatic heterocycles. The molecule has 1 aliphatic carbocycles. The Morgan fingerprint density at radius 1 is 1.37 bits per heavy atom. The van der Waals surface area contributed by atoms with Gasteiger partial charge in [0.15, 0.2) is 11.5 Å². The zero-order valence-corrected chi connectivity index (χ0v) is 12.0. The number of rotatable bonds is 4. The minimum atomic E-state index is -0.689. The Balaban J connectivity index is 1.88. The Kier molecular flexibility index (Phi) is 3.63. The molecule has 1 atom stereocenters. The van der Waals surface area contributed by atoms with E-state index < -0.39 is 5.60 Å². The van der Waals surface area contributed by atoms with E-state index in [4.69, 9.17) is 9.47 Å². The van der Waals surface area contributed by atoms with Crippen LogP contribution in [0.2, 0.25) is 0 Å². The van der Waals surface area contributed by atoms with Gasteiger partial charge >= 0.3 is 0 Å². The lowest BCUT2D eigenvalue weighted by molar-refractivity contribution is 0.136. The van der Waals surface area contributed by atoms with E-state index in [0.717, 1.165) is 42.1 Å². The van der Waals surface area contributed by atoms with Gasteiger partial charge in [0.25, 0.3) is 0 Å². The fourth-order valence-electron chi connectivity index (χ4n) is 2.52. The molecule has 0 aromatic heterocycles. The van der Waals surface area contributed by atoms with Gasteiger partial charge in [0, 0.05) is 11.3 Å². The second kappa shape index (κ2) is 5.25. The zero-order chi connectivity index (χ0) is 13.3. The van der Waals surface area contributed by atoms with E-state index in [2.05, 4.69) is 0 Å². The Labute approximate surface area is 118 Å². The smallest absolute Gasteiger partial charge is 0.167 e. The molecular weight excluding hydrogens is 260 g/mol. The van der Waals surface area contributed by atoms with Gasteiger partial charge in [-0.3, -0.25) is 0 Å². The van der Waals surface area contributed by atoms with Gasteiger partial charge in [0.1, 0.15) is 6.10 Å². The van der Waals surface area contributed by atoms with Crippen LogP contribution in [0.3, 0.4) is 0 Å². The molecule has 19 heavy (non-hydrogen) atoms. The number of ether oxygens (including phenoxy) is 2. The third-order valence-electron chi connectivity index (χ3n) is 3.83. The summed E-state index contributed by atoms with van der Waals surface area (Å²) < 4.78 is 11.6. The molecule has 1 heterocycles. The highest BCUT2D eigenvalue weighted by molar-refractivity contribution is 7.99. The molecule has 3 rings (SSSR count). The third kappa shape index (κ3) is 2.70. The van der Waals surface area contributed by atoms with Gasteiger partial charge in [0.2, 0.25) is 0 Å². The highest BCUT2D eigenvalue weighted by Crippen LogP contribution is 2.51. The molecule has 2 aliphatic rings.